The van der Waals surface area contributed by atoms with Crippen molar-refractivity contribution in [3.05, 3.63) is 59.4 Å². The van der Waals surface area contributed by atoms with Gasteiger partial charge >= 0.3 is 0 Å². The number of nitrogen functional groups attached to an aromatic ring is 1. The molecular formula is C17H19FN4O3. The van der Waals surface area contributed by atoms with Crippen molar-refractivity contribution >= 4 is 17.5 Å². The molecule has 8 heteroatoms. The molecular weight excluding hydrogens is 327 g/mol. The first kappa shape index (κ1) is 18.2. The second-order valence-electron chi connectivity index (χ2n) is 5.26. The fraction of sp³-hybridized carbons (Fsp3) is 0.176. The van der Waals surface area contributed by atoms with Gasteiger partial charge in [0, 0.05) is 6.54 Å². The minimum absolute atomic E-state index is 0.0922. The lowest BCUT2D eigenvalue weighted by atomic mass is 10.1. The average Bonchev–Trinajstić information content (AvgIpc) is 2.62. The fourth-order valence-corrected chi connectivity index (χ4v) is 2.10. The van der Waals surface area contributed by atoms with Gasteiger partial charge in [0.2, 0.25) is 5.91 Å². The largest absolute Gasteiger partial charge is 0.497 e. The first-order valence-corrected chi connectivity index (χ1v) is 7.42. The number of ether oxygens (including phenoxy) is 1. The molecule has 0 saturated carbocycles. The summed E-state index contributed by atoms with van der Waals surface area (Å²) in [4.78, 5) is 24.1. The van der Waals surface area contributed by atoms with Crippen LogP contribution in [0.15, 0.2) is 42.5 Å². The summed E-state index contributed by atoms with van der Waals surface area (Å²) < 4.78 is 18.5. The Balaban J connectivity index is 1.90. The number of hydrogen-bond donors (Lipinski definition) is 3. The zero-order valence-corrected chi connectivity index (χ0v) is 13.7. The molecule has 0 saturated heterocycles. The first-order chi connectivity index (χ1) is 11.9. The van der Waals surface area contributed by atoms with E-state index in [0.29, 0.717) is 10.8 Å². The van der Waals surface area contributed by atoms with E-state index in [4.69, 9.17) is 16.3 Å². The molecule has 0 unspecified atom stereocenters. The van der Waals surface area contributed by atoms with Gasteiger partial charge in [-0.2, -0.15) is 0 Å². The van der Waals surface area contributed by atoms with Gasteiger partial charge in [0.15, 0.2) is 0 Å². The Kier molecular flexibility index (Phi) is 5.91. The number of carbonyl (C=O) groups is 2. The van der Waals surface area contributed by atoms with Crippen LogP contribution in [0.1, 0.15) is 15.9 Å². The van der Waals surface area contributed by atoms with E-state index in [0.717, 1.165) is 11.6 Å². The second-order valence-corrected chi connectivity index (χ2v) is 5.26. The van der Waals surface area contributed by atoms with Gasteiger partial charge in [0.25, 0.3) is 5.91 Å². The quantitative estimate of drug-likeness (QED) is 0.313. The molecule has 0 spiro atoms. The number of nitrogens with two attached hydrogens (primary N) is 2. The van der Waals surface area contributed by atoms with Crippen molar-refractivity contribution in [3.8, 4) is 5.75 Å². The van der Waals surface area contributed by atoms with E-state index in [-0.39, 0.29) is 24.3 Å². The first-order valence-electron chi connectivity index (χ1n) is 7.42. The molecule has 0 aliphatic rings. The van der Waals surface area contributed by atoms with Gasteiger partial charge in [0.1, 0.15) is 18.1 Å². The van der Waals surface area contributed by atoms with Gasteiger partial charge in [-0.25, -0.2) is 10.2 Å². The third-order valence-corrected chi connectivity index (χ3v) is 3.51. The lowest BCUT2D eigenvalue weighted by Crippen LogP contribution is -2.45. The number of anilines is 1. The Morgan fingerprint density at radius 2 is 1.88 bits per heavy atom. The predicted octanol–water partition coefficient (Wildman–Crippen LogP) is 1.05. The SMILES string of the molecule is COc1ccc(CNC(=O)CN(N)C(=O)c2cccc(F)c2N)cc1. The van der Waals surface area contributed by atoms with Crippen molar-refractivity contribution in [3.63, 3.8) is 0 Å². The number of benzene rings is 2. The molecule has 25 heavy (non-hydrogen) atoms. The maximum Gasteiger partial charge on any atom is 0.270 e. The molecule has 7 nitrogen and oxygen atoms in total. The van der Waals surface area contributed by atoms with Gasteiger partial charge in [0.05, 0.1) is 18.4 Å². The summed E-state index contributed by atoms with van der Waals surface area (Å²) in [7, 11) is 1.56. The number of carbonyl (C=O) groups excluding carboxylic acids is 2. The summed E-state index contributed by atoms with van der Waals surface area (Å²) in [5, 5.41) is 3.33. The van der Waals surface area contributed by atoms with Gasteiger partial charge in [-0.1, -0.05) is 18.2 Å². The van der Waals surface area contributed by atoms with Crippen LogP contribution in [-0.4, -0.2) is 30.5 Å². The predicted molar refractivity (Wildman–Crippen MR) is 90.9 cm³/mol. The van der Waals surface area contributed by atoms with Crippen LogP contribution in [0.2, 0.25) is 0 Å². The molecule has 0 fully saturated rings. The molecule has 132 valence electrons. The molecule has 0 radical (unpaired) electrons. The molecule has 2 rings (SSSR count). The average molecular weight is 346 g/mol. The number of para-hydroxylation sites is 1. The highest BCUT2D eigenvalue weighted by Crippen LogP contribution is 2.16. The monoisotopic (exact) mass is 346 g/mol. The molecule has 2 aromatic carbocycles. The van der Waals surface area contributed by atoms with Crippen LogP contribution < -0.4 is 21.6 Å². The Hall–Kier alpha value is -3.13. The fourth-order valence-electron chi connectivity index (χ4n) is 2.10. The van der Waals surface area contributed by atoms with E-state index in [9.17, 15) is 14.0 Å². The standard InChI is InChI=1S/C17H19FN4O3/c1-25-12-7-5-11(6-8-12)9-21-15(23)10-22(20)17(24)13-3-2-4-14(18)16(13)19/h2-8H,9-10,19-20H2,1H3,(H,21,23). The molecule has 0 bridgehead atoms. The van der Waals surface area contributed by atoms with E-state index in [1.807, 2.05) is 0 Å². The van der Waals surface area contributed by atoms with Crippen LogP contribution in [0, 0.1) is 5.82 Å². The number of hydrazine groups is 1. The van der Waals surface area contributed by atoms with Crippen LogP contribution in [0.25, 0.3) is 0 Å². The van der Waals surface area contributed by atoms with Crippen molar-refractivity contribution in [2.75, 3.05) is 19.4 Å². The van der Waals surface area contributed by atoms with Gasteiger partial charge in [-0.15, -0.1) is 0 Å². The van der Waals surface area contributed by atoms with E-state index in [2.05, 4.69) is 5.32 Å². The molecule has 2 amide bonds. The van der Waals surface area contributed by atoms with E-state index >= 15 is 0 Å². The smallest absolute Gasteiger partial charge is 0.270 e. The summed E-state index contributed by atoms with van der Waals surface area (Å²) in [5.74, 6) is 4.40. The van der Waals surface area contributed by atoms with Crippen molar-refractivity contribution in [2.45, 2.75) is 6.54 Å². The number of hydrogen-bond acceptors (Lipinski definition) is 5. The molecule has 2 aromatic rings. The van der Waals surface area contributed by atoms with Crippen LogP contribution in [0.4, 0.5) is 10.1 Å². The molecule has 0 aliphatic carbocycles. The van der Waals surface area contributed by atoms with Crippen LogP contribution in [0.3, 0.4) is 0 Å². The highest BCUT2D eigenvalue weighted by Gasteiger charge is 2.19. The van der Waals surface area contributed by atoms with Crippen molar-refractivity contribution in [2.24, 2.45) is 5.84 Å². The maximum atomic E-state index is 13.4. The summed E-state index contributed by atoms with van der Waals surface area (Å²) in [6, 6.07) is 11.0. The van der Waals surface area contributed by atoms with Crippen LogP contribution in [0.5, 0.6) is 5.75 Å². The molecule has 0 aliphatic heterocycles. The zero-order valence-electron chi connectivity index (χ0n) is 13.7. The van der Waals surface area contributed by atoms with Crippen molar-refractivity contribution in [1.29, 1.82) is 0 Å². The van der Waals surface area contributed by atoms with Gasteiger partial charge < -0.3 is 15.8 Å². The van der Waals surface area contributed by atoms with E-state index in [1.165, 1.54) is 12.1 Å². The van der Waals surface area contributed by atoms with Crippen molar-refractivity contribution < 1.29 is 18.7 Å². The van der Waals surface area contributed by atoms with E-state index < -0.39 is 17.6 Å². The molecule has 0 atom stereocenters. The Bertz CT molecular complexity index is 765. The highest BCUT2D eigenvalue weighted by molar-refractivity contribution is 6.00. The third kappa shape index (κ3) is 4.67. The summed E-state index contributed by atoms with van der Waals surface area (Å²) >= 11 is 0. The maximum absolute atomic E-state index is 13.4. The number of nitrogens with zero attached hydrogens (tertiary/aromatic N) is 1. The number of methoxy groups -OCH3 is 1. The summed E-state index contributed by atoms with van der Waals surface area (Å²) in [6.07, 6.45) is 0. The normalized spacial score (nSPS) is 10.2. The number of nitrogens with one attached hydrogen (secondary N) is 1. The van der Waals surface area contributed by atoms with Crippen LogP contribution >= 0.6 is 0 Å². The Morgan fingerprint density at radius 1 is 1.20 bits per heavy atom. The summed E-state index contributed by atoms with van der Waals surface area (Å²) in [6.45, 7) is -0.113. The van der Waals surface area contributed by atoms with Crippen molar-refractivity contribution in [1.82, 2.24) is 10.3 Å². The summed E-state index contributed by atoms with van der Waals surface area (Å²) in [5.41, 5.74) is 5.98. The minimum Gasteiger partial charge on any atom is -0.497 e. The van der Waals surface area contributed by atoms with Gasteiger partial charge in [-0.05, 0) is 29.8 Å². The number of amides is 2. The second kappa shape index (κ2) is 8.11. The minimum atomic E-state index is -0.739. The molecule has 5 N–H and O–H groups in total. The lowest BCUT2D eigenvalue weighted by molar-refractivity contribution is -0.122. The zero-order chi connectivity index (χ0) is 18.4. The lowest BCUT2D eigenvalue weighted by Gasteiger charge is -2.17. The third-order valence-electron chi connectivity index (χ3n) is 3.51. The Labute approximate surface area is 144 Å². The number of rotatable bonds is 6. The topological polar surface area (TPSA) is 111 Å². The number of halogens is 1. The van der Waals surface area contributed by atoms with E-state index in [1.54, 1.807) is 31.4 Å². The van der Waals surface area contributed by atoms with Crippen LogP contribution in [-0.2, 0) is 11.3 Å². The highest BCUT2D eigenvalue weighted by atomic mass is 19.1. The molecule has 0 aromatic heterocycles. The van der Waals surface area contributed by atoms with Gasteiger partial charge in [-0.3, -0.25) is 14.6 Å². The Morgan fingerprint density at radius 3 is 2.52 bits per heavy atom. The molecule has 0 heterocycles.